The van der Waals surface area contributed by atoms with Crippen molar-refractivity contribution in [1.29, 1.82) is 0 Å². The van der Waals surface area contributed by atoms with E-state index >= 15 is 0 Å². The number of hydrogen-bond acceptors (Lipinski definition) is 4. The molecule has 0 aromatic rings. The van der Waals surface area contributed by atoms with Crippen molar-refractivity contribution < 1.29 is 9.84 Å². The average molecular weight is 308 g/mol. The van der Waals surface area contributed by atoms with E-state index in [0.29, 0.717) is 23.8 Å². The first-order valence-corrected chi connectivity index (χ1v) is 8.66. The van der Waals surface area contributed by atoms with Crippen LogP contribution < -0.4 is 11.1 Å². The Kier molecular flexibility index (Phi) is 6.48. The topological polar surface area (TPSA) is 70.8 Å². The molecule has 0 aromatic carbocycles. The Morgan fingerprint density at radius 2 is 2.05 bits per heavy atom. The molecule has 2 aliphatic rings. The third-order valence-electron chi connectivity index (χ3n) is 5.19. The highest BCUT2D eigenvalue weighted by Gasteiger charge is 2.41. The maximum atomic E-state index is 9.29. The first-order valence-electron chi connectivity index (χ1n) is 8.66. The Morgan fingerprint density at radius 1 is 1.32 bits per heavy atom. The Balaban J connectivity index is 1.63. The van der Waals surface area contributed by atoms with Gasteiger partial charge in [0.2, 0.25) is 0 Å². The smallest absolute Gasteiger partial charge is 0.182 e. The summed E-state index contributed by atoms with van der Waals surface area (Å²) in [5.41, 5.74) is 6.73. The van der Waals surface area contributed by atoms with Gasteiger partial charge in [0, 0.05) is 11.7 Å². The lowest BCUT2D eigenvalue weighted by Crippen LogP contribution is -2.35. The van der Waals surface area contributed by atoms with E-state index in [9.17, 15) is 5.11 Å². The maximum absolute atomic E-state index is 9.29. The molecule has 0 bridgehead atoms. The van der Waals surface area contributed by atoms with E-state index in [1.165, 1.54) is 6.42 Å². The molecule has 1 aliphatic heterocycles. The highest BCUT2D eigenvalue weighted by atomic mass is 16.7. The number of nitrogens with one attached hydrogen (secondary N) is 1. The third kappa shape index (κ3) is 5.41. The lowest BCUT2D eigenvalue weighted by atomic mass is 9.91. The zero-order chi connectivity index (χ0) is 16.1. The van der Waals surface area contributed by atoms with Gasteiger partial charge in [-0.25, -0.2) is 0 Å². The van der Waals surface area contributed by atoms with Gasteiger partial charge in [-0.05, 0) is 63.0 Å². The molecule has 0 aromatic heterocycles. The van der Waals surface area contributed by atoms with Crippen molar-refractivity contribution in [1.82, 2.24) is 5.32 Å². The summed E-state index contributed by atoms with van der Waals surface area (Å²) in [6, 6.07) is 0.505. The van der Waals surface area contributed by atoms with Gasteiger partial charge < -0.3 is 20.9 Å². The van der Waals surface area contributed by atoms with Crippen molar-refractivity contribution in [3.8, 4) is 0 Å². The highest BCUT2D eigenvalue weighted by molar-refractivity contribution is 5.17. The predicted octanol–water partition coefficient (Wildman–Crippen LogP) is 2.54. The molecule has 1 aliphatic carbocycles. The number of rotatable bonds is 8. The molecule has 1 unspecified atom stereocenters. The summed E-state index contributed by atoms with van der Waals surface area (Å²) in [6.45, 7) is 7.79. The molecule has 0 saturated carbocycles. The van der Waals surface area contributed by atoms with E-state index in [4.69, 9.17) is 10.5 Å². The van der Waals surface area contributed by atoms with Gasteiger partial charge in [-0.3, -0.25) is 0 Å². The molecule has 4 N–H and O–H groups in total. The molecule has 22 heavy (non-hydrogen) atoms. The summed E-state index contributed by atoms with van der Waals surface area (Å²) in [4.78, 5) is 0. The predicted molar refractivity (Wildman–Crippen MR) is 90.0 cm³/mol. The van der Waals surface area contributed by atoms with Crippen LogP contribution in [0.3, 0.4) is 0 Å². The van der Waals surface area contributed by atoms with Gasteiger partial charge in [-0.1, -0.05) is 26.0 Å². The second-order valence-electron chi connectivity index (χ2n) is 7.16. The van der Waals surface area contributed by atoms with Gasteiger partial charge in [0.05, 0.1) is 0 Å². The van der Waals surface area contributed by atoms with Crippen molar-refractivity contribution >= 4 is 0 Å². The highest BCUT2D eigenvalue weighted by Crippen LogP contribution is 2.31. The zero-order valence-electron chi connectivity index (χ0n) is 14.2. The van der Waals surface area contributed by atoms with Crippen LogP contribution in [-0.4, -0.2) is 30.1 Å². The molecule has 1 saturated heterocycles. The molecule has 4 nitrogen and oxygen atoms in total. The second kappa shape index (κ2) is 8.14. The van der Waals surface area contributed by atoms with Gasteiger partial charge >= 0.3 is 0 Å². The van der Waals surface area contributed by atoms with E-state index in [-0.39, 0.29) is 6.10 Å². The van der Waals surface area contributed by atoms with Gasteiger partial charge in [-0.2, -0.15) is 0 Å². The summed E-state index contributed by atoms with van der Waals surface area (Å²) in [7, 11) is 0. The van der Waals surface area contributed by atoms with Crippen LogP contribution in [0.1, 0.15) is 46.5 Å². The largest absolute Gasteiger partial charge is 0.399 e. The second-order valence-corrected chi connectivity index (χ2v) is 7.16. The van der Waals surface area contributed by atoms with E-state index in [2.05, 4.69) is 38.2 Å². The Hall–Kier alpha value is -0.840. The first-order chi connectivity index (χ1) is 10.5. The number of ether oxygens (including phenoxy) is 1. The van der Waals surface area contributed by atoms with Crippen LogP contribution in [0.4, 0.5) is 0 Å². The Bertz CT molecular complexity index is 408. The van der Waals surface area contributed by atoms with Crippen molar-refractivity contribution in [2.45, 2.75) is 64.9 Å². The van der Waals surface area contributed by atoms with Crippen molar-refractivity contribution in [2.75, 3.05) is 6.54 Å². The Morgan fingerprint density at radius 3 is 2.73 bits per heavy atom. The summed E-state index contributed by atoms with van der Waals surface area (Å²) in [6.07, 6.45) is 10.3. The molecule has 0 spiro atoms. The zero-order valence-corrected chi connectivity index (χ0v) is 14.2. The normalized spacial score (nSPS) is 32.0. The van der Waals surface area contributed by atoms with Crippen LogP contribution in [-0.2, 0) is 4.74 Å². The summed E-state index contributed by atoms with van der Waals surface area (Å²) in [5.74, 6) is 1.71. The monoisotopic (exact) mass is 308 g/mol. The minimum Gasteiger partial charge on any atom is -0.399 e. The molecule has 4 heteroatoms. The molecule has 2 rings (SSSR count). The SMILES string of the molecule is C[C@@H](CC[C@H](C)[C@@H](C)NCC1CC=CC(N)=CC1)[C@@H]1O[C@@H]1O. The number of nitrogens with two attached hydrogens (primary N) is 1. The summed E-state index contributed by atoms with van der Waals surface area (Å²) >= 11 is 0. The Labute approximate surface area is 134 Å². The molecule has 1 heterocycles. The van der Waals surface area contributed by atoms with Crippen LogP contribution >= 0.6 is 0 Å². The molecule has 6 atom stereocenters. The lowest BCUT2D eigenvalue weighted by molar-refractivity contribution is 0.155. The minimum atomic E-state index is -0.510. The number of hydrogen-bond donors (Lipinski definition) is 3. The summed E-state index contributed by atoms with van der Waals surface area (Å²) < 4.78 is 5.14. The fraction of sp³-hybridized carbons (Fsp3) is 0.778. The average Bonchev–Trinajstić information content (AvgIpc) is 3.25. The molecule has 1 fully saturated rings. The van der Waals surface area contributed by atoms with E-state index < -0.39 is 6.29 Å². The van der Waals surface area contributed by atoms with Gasteiger partial charge in [0.1, 0.15) is 6.10 Å². The molecular weight excluding hydrogens is 276 g/mol. The van der Waals surface area contributed by atoms with Crippen molar-refractivity contribution in [3.05, 3.63) is 23.9 Å². The number of aliphatic hydroxyl groups excluding tert-OH is 1. The third-order valence-corrected chi connectivity index (χ3v) is 5.19. The molecular formula is C18H32N2O2. The number of allylic oxidation sites excluding steroid dienone is 3. The fourth-order valence-electron chi connectivity index (χ4n) is 3.05. The van der Waals surface area contributed by atoms with Crippen LogP contribution in [0.25, 0.3) is 0 Å². The molecule has 0 amide bonds. The maximum Gasteiger partial charge on any atom is 0.182 e. The number of aliphatic hydroxyl groups is 1. The number of epoxide rings is 1. The van der Waals surface area contributed by atoms with Crippen molar-refractivity contribution in [2.24, 2.45) is 23.5 Å². The first kappa shape index (κ1) is 17.5. The fourth-order valence-corrected chi connectivity index (χ4v) is 3.05. The molecule has 126 valence electrons. The standard InChI is InChI=1S/C18H32N2O2/c1-12(7-8-13(2)17-18(21)22-17)14(3)20-11-15-5-4-6-16(19)10-9-15/h4,6,10,12-15,17-18,20-21H,5,7-9,11,19H2,1-3H3/t12-,13-,14+,15?,17-,18-/m0/s1. The minimum absolute atomic E-state index is 0.0745. The van der Waals surface area contributed by atoms with Gasteiger partial charge in [-0.15, -0.1) is 0 Å². The summed E-state index contributed by atoms with van der Waals surface area (Å²) in [5, 5.41) is 13.0. The van der Waals surface area contributed by atoms with Gasteiger partial charge in [0.15, 0.2) is 6.29 Å². The lowest BCUT2D eigenvalue weighted by Gasteiger charge is -2.24. The van der Waals surface area contributed by atoms with Crippen LogP contribution in [0, 0.1) is 17.8 Å². The van der Waals surface area contributed by atoms with E-state index in [0.717, 1.165) is 31.5 Å². The van der Waals surface area contributed by atoms with Crippen LogP contribution in [0.15, 0.2) is 23.9 Å². The van der Waals surface area contributed by atoms with E-state index in [1.807, 2.05) is 6.08 Å². The van der Waals surface area contributed by atoms with E-state index in [1.54, 1.807) is 0 Å². The van der Waals surface area contributed by atoms with Crippen LogP contribution in [0.2, 0.25) is 0 Å². The quantitative estimate of drug-likeness (QED) is 0.603. The van der Waals surface area contributed by atoms with Crippen LogP contribution in [0.5, 0.6) is 0 Å². The molecule has 0 radical (unpaired) electrons. The van der Waals surface area contributed by atoms with Gasteiger partial charge in [0.25, 0.3) is 0 Å². The van der Waals surface area contributed by atoms with Crippen molar-refractivity contribution in [3.63, 3.8) is 0 Å².